The van der Waals surface area contributed by atoms with Crippen molar-refractivity contribution in [2.45, 2.75) is 12.3 Å². The zero-order valence-corrected chi connectivity index (χ0v) is 18.0. The summed E-state index contributed by atoms with van der Waals surface area (Å²) in [5.74, 6) is -3.24. The highest BCUT2D eigenvalue weighted by molar-refractivity contribution is 5.91. The van der Waals surface area contributed by atoms with Crippen molar-refractivity contribution < 1.29 is 34.1 Å². The summed E-state index contributed by atoms with van der Waals surface area (Å²) in [6, 6.07) is 16.8. The van der Waals surface area contributed by atoms with Crippen LogP contribution in [0.4, 0.5) is 0 Å². The van der Waals surface area contributed by atoms with Crippen LogP contribution in [0.3, 0.4) is 0 Å². The lowest BCUT2D eigenvalue weighted by Crippen LogP contribution is -2.12. The molecule has 0 saturated heterocycles. The smallest absolute Gasteiger partial charge is 0.335 e. The zero-order chi connectivity index (χ0) is 24.4. The maximum atomic E-state index is 13.0. The van der Waals surface area contributed by atoms with Crippen molar-refractivity contribution in [1.29, 1.82) is 0 Å². The van der Waals surface area contributed by atoms with Crippen LogP contribution in [0, 0.1) is 0 Å². The van der Waals surface area contributed by atoms with Gasteiger partial charge in [0.1, 0.15) is 28.2 Å². The van der Waals surface area contributed by atoms with Gasteiger partial charge in [0.05, 0.1) is 19.1 Å². The van der Waals surface area contributed by atoms with E-state index < -0.39 is 34.8 Å². The number of phenols is 2. The molecule has 0 aliphatic heterocycles. The molecule has 0 unspecified atom stereocenters. The first-order valence-corrected chi connectivity index (χ1v) is 10.3. The van der Waals surface area contributed by atoms with Crippen LogP contribution in [0.15, 0.2) is 75.9 Å². The van der Waals surface area contributed by atoms with Crippen LogP contribution in [0.2, 0.25) is 0 Å². The number of carbonyl (C=O) groups excluding carboxylic acids is 1. The summed E-state index contributed by atoms with van der Waals surface area (Å²) in [6.45, 7) is 0. The van der Waals surface area contributed by atoms with Crippen LogP contribution in [-0.4, -0.2) is 34.4 Å². The van der Waals surface area contributed by atoms with E-state index in [9.17, 15) is 29.7 Å². The second-order valence-electron chi connectivity index (χ2n) is 7.63. The Hall–Kier alpha value is -4.59. The molecule has 0 saturated carbocycles. The number of fused-ring (bicyclic) bond motifs is 1. The van der Waals surface area contributed by atoms with Crippen molar-refractivity contribution in [3.8, 4) is 22.8 Å². The molecule has 8 nitrogen and oxygen atoms in total. The third-order valence-electron chi connectivity index (χ3n) is 5.56. The van der Waals surface area contributed by atoms with E-state index in [-0.39, 0.29) is 34.3 Å². The van der Waals surface area contributed by atoms with E-state index in [1.807, 2.05) is 0 Å². The largest absolute Gasteiger partial charge is 0.507 e. The normalized spacial score (nSPS) is 11.8. The van der Waals surface area contributed by atoms with Crippen molar-refractivity contribution in [3.63, 3.8) is 0 Å². The van der Waals surface area contributed by atoms with Crippen molar-refractivity contribution in [1.82, 2.24) is 0 Å². The monoisotopic (exact) mass is 460 g/mol. The first-order valence-electron chi connectivity index (χ1n) is 10.3. The molecule has 4 rings (SSSR count). The molecule has 0 bridgehead atoms. The van der Waals surface area contributed by atoms with Crippen molar-refractivity contribution >= 4 is 22.9 Å². The third kappa shape index (κ3) is 4.21. The van der Waals surface area contributed by atoms with Gasteiger partial charge < -0.3 is 24.5 Å². The molecule has 34 heavy (non-hydrogen) atoms. The Morgan fingerprint density at radius 1 is 0.971 bits per heavy atom. The van der Waals surface area contributed by atoms with Gasteiger partial charge in [0, 0.05) is 29.2 Å². The minimum Gasteiger partial charge on any atom is -0.507 e. The fraction of sp³-hybridized carbons (Fsp3) is 0.115. The lowest BCUT2D eigenvalue weighted by molar-refractivity contribution is -0.140. The Balaban J connectivity index is 2.01. The minimum atomic E-state index is -1.12. The molecule has 1 aromatic heterocycles. The van der Waals surface area contributed by atoms with Gasteiger partial charge in [0.2, 0.25) is 0 Å². The maximum Gasteiger partial charge on any atom is 0.335 e. The lowest BCUT2D eigenvalue weighted by Gasteiger charge is -2.20. The molecule has 3 aromatic carbocycles. The molecule has 0 spiro atoms. The summed E-state index contributed by atoms with van der Waals surface area (Å²) in [4.78, 5) is 36.5. The van der Waals surface area contributed by atoms with E-state index in [0.29, 0.717) is 11.1 Å². The molecule has 0 aliphatic carbocycles. The second kappa shape index (κ2) is 9.11. The highest BCUT2D eigenvalue weighted by Gasteiger charge is 2.28. The van der Waals surface area contributed by atoms with E-state index in [2.05, 4.69) is 0 Å². The topological polar surface area (TPSA) is 134 Å². The Kier molecular flexibility index (Phi) is 6.05. The van der Waals surface area contributed by atoms with E-state index in [1.54, 1.807) is 30.3 Å². The molecule has 0 amide bonds. The standard InChI is InChI=1S/C26H20O8/c1-33-22(30)11-17(14-7-9-16(10-8-14)26(31)32)23-18(27)12-19(28)24-20(29)13-21(34-25(23)24)15-5-3-2-4-6-15/h2-10,12-13,17,27-28H,11H2,1H3,(H,31,32)/t17-/m1/s1. The van der Waals surface area contributed by atoms with Crippen molar-refractivity contribution in [2.75, 3.05) is 7.11 Å². The second-order valence-corrected chi connectivity index (χ2v) is 7.63. The molecule has 0 fully saturated rings. The summed E-state index contributed by atoms with van der Waals surface area (Å²) in [5.41, 5.74) is 0.599. The third-order valence-corrected chi connectivity index (χ3v) is 5.56. The van der Waals surface area contributed by atoms with Gasteiger partial charge >= 0.3 is 11.9 Å². The van der Waals surface area contributed by atoms with Gasteiger partial charge in [-0.05, 0) is 17.7 Å². The van der Waals surface area contributed by atoms with Crippen LogP contribution in [0.5, 0.6) is 11.5 Å². The molecular formula is C26H20O8. The molecule has 1 heterocycles. The molecule has 8 heteroatoms. The first-order chi connectivity index (χ1) is 16.3. The Labute approximate surface area is 193 Å². The first kappa shape index (κ1) is 22.6. The Morgan fingerprint density at radius 3 is 2.26 bits per heavy atom. The van der Waals surface area contributed by atoms with Crippen LogP contribution < -0.4 is 5.43 Å². The minimum absolute atomic E-state index is 0.0400. The van der Waals surface area contributed by atoms with E-state index in [0.717, 1.165) is 6.07 Å². The number of methoxy groups -OCH3 is 1. The fourth-order valence-corrected chi connectivity index (χ4v) is 3.90. The number of carboxylic acid groups (broad SMARTS) is 1. The summed E-state index contributed by atoms with van der Waals surface area (Å²) >= 11 is 0. The SMILES string of the molecule is COC(=O)C[C@H](c1ccc(C(=O)O)cc1)c1c(O)cc(O)c2c(=O)cc(-c3ccccc3)oc12. The number of rotatable bonds is 6. The Bertz CT molecular complexity index is 1440. The van der Waals surface area contributed by atoms with Crippen LogP contribution in [0.25, 0.3) is 22.3 Å². The maximum absolute atomic E-state index is 13.0. The van der Waals surface area contributed by atoms with Gasteiger partial charge in [-0.1, -0.05) is 42.5 Å². The molecular weight excluding hydrogens is 440 g/mol. The summed E-state index contributed by atoms with van der Waals surface area (Å²) in [6.07, 6.45) is -0.240. The molecule has 3 N–H and O–H groups in total. The van der Waals surface area contributed by atoms with Gasteiger partial charge in [-0.25, -0.2) is 4.79 Å². The number of esters is 1. The van der Waals surface area contributed by atoms with E-state index in [1.165, 1.54) is 37.4 Å². The number of aromatic carboxylic acids is 1. The highest BCUT2D eigenvalue weighted by atomic mass is 16.5. The number of hydrogen-bond acceptors (Lipinski definition) is 7. The quantitative estimate of drug-likeness (QED) is 0.363. The average molecular weight is 460 g/mol. The van der Waals surface area contributed by atoms with Gasteiger partial charge in [0.25, 0.3) is 0 Å². The number of aromatic hydroxyl groups is 2. The number of hydrogen-bond donors (Lipinski definition) is 3. The molecule has 0 aliphatic rings. The number of phenolic OH excluding ortho intramolecular Hbond substituents is 2. The van der Waals surface area contributed by atoms with Crippen molar-refractivity contribution in [2.24, 2.45) is 0 Å². The molecule has 4 aromatic rings. The number of ether oxygens (including phenoxy) is 1. The number of benzene rings is 3. The molecule has 1 atom stereocenters. The summed E-state index contributed by atoms with van der Waals surface area (Å²) in [5, 5.41) is 30.3. The number of carbonyl (C=O) groups is 2. The van der Waals surface area contributed by atoms with Crippen LogP contribution >= 0.6 is 0 Å². The molecule has 172 valence electrons. The number of carboxylic acids is 1. The van der Waals surface area contributed by atoms with E-state index >= 15 is 0 Å². The predicted molar refractivity (Wildman–Crippen MR) is 123 cm³/mol. The van der Waals surface area contributed by atoms with Crippen molar-refractivity contribution in [3.05, 3.63) is 93.6 Å². The summed E-state index contributed by atoms with van der Waals surface area (Å²) in [7, 11) is 1.22. The fourth-order valence-electron chi connectivity index (χ4n) is 3.90. The van der Waals surface area contributed by atoms with Gasteiger partial charge in [-0.2, -0.15) is 0 Å². The zero-order valence-electron chi connectivity index (χ0n) is 18.0. The molecule has 0 radical (unpaired) electrons. The van der Waals surface area contributed by atoms with Gasteiger partial charge in [0.15, 0.2) is 5.43 Å². The Morgan fingerprint density at radius 2 is 1.65 bits per heavy atom. The van der Waals surface area contributed by atoms with Crippen LogP contribution in [-0.2, 0) is 9.53 Å². The van der Waals surface area contributed by atoms with Gasteiger partial charge in [-0.3, -0.25) is 9.59 Å². The lowest BCUT2D eigenvalue weighted by atomic mass is 9.86. The van der Waals surface area contributed by atoms with Crippen LogP contribution in [0.1, 0.15) is 33.8 Å². The average Bonchev–Trinajstić information content (AvgIpc) is 2.83. The highest BCUT2D eigenvalue weighted by Crippen LogP contribution is 2.43. The van der Waals surface area contributed by atoms with Gasteiger partial charge in [-0.15, -0.1) is 0 Å². The predicted octanol–water partition coefficient (Wildman–Crippen LogP) is 4.26. The van der Waals surface area contributed by atoms with E-state index in [4.69, 9.17) is 9.15 Å². The summed E-state index contributed by atoms with van der Waals surface area (Å²) < 4.78 is 10.9.